The van der Waals surface area contributed by atoms with Crippen molar-refractivity contribution in [2.75, 3.05) is 7.11 Å². The van der Waals surface area contributed by atoms with E-state index >= 15 is 0 Å². The lowest BCUT2D eigenvalue weighted by molar-refractivity contribution is 0.0886. The second kappa shape index (κ2) is 7.08. The molecule has 7 nitrogen and oxygen atoms in total. The quantitative estimate of drug-likeness (QED) is 0.607. The number of ether oxygens (including phenoxy) is 1. The molecule has 0 amide bonds. The second-order valence-electron chi connectivity index (χ2n) is 6.95. The molecule has 0 N–H and O–H groups in total. The molecule has 1 aliphatic rings. The molecular formula is C20H21N3O4. The van der Waals surface area contributed by atoms with Crippen LogP contribution in [0.5, 0.6) is 0 Å². The Morgan fingerprint density at radius 1 is 1.37 bits per heavy atom. The molecule has 140 valence electrons. The number of nitrogens with zero attached hydrogens (tertiary/aromatic N) is 3. The number of fused-ring (bicyclic) bond motifs is 1. The van der Waals surface area contributed by atoms with Crippen LogP contribution in [0.3, 0.4) is 0 Å². The van der Waals surface area contributed by atoms with Crippen LogP contribution in [0.15, 0.2) is 33.4 Å². The van der Waals surface area contributed by atoms with E-state index in [-0.39, 0.29) is 17.8 Å². The SMILES string of the molecule is CO[C@@H](C)c1nc(-c2ccc3c(c2)CC[C@H]3CC(=O)c2oncc2C)no1. The first-order valence-corrected chi connectivity index (χ1v) is 9.01. The summed E-state index contributed by atoms with van der Waals surface area (Å²) in [5.41, 5.74) is 4.13. The molecule has 1 aliphatic carbocycles. The molecule has 2 aromatic heterocycles. The van der Waals surface area contributed by atoms with Crippen LogP contribution in [0.2, 0.25) is 0 Å². The molecular weight excluding hydrogens is 346 g/mol. The first-order chi connectivity index (χ1) is 13.1. The molecule has 4 rings (SSSR count). The Bertz CT molecular complexity index is 975. The predicted octanol–water partition coefficient (Wildman–Crippen LogP) is 4.04. The molecule has 0 unspecified atom stereocenters. The summed E-state index contributed by atoms with van der Waals surface area (Å²) < 4.78 is 15.6. The van der Waals surface area contributed by atoms with Gasteiger partial charge in [-0.25, -0.2) is 0 Å². The fourth-order valence-corrected chi connectivity index (χ4v) is 3.55. The summed E-state index contributed by atoms with van der Waals surface area (Å²) in [6.45, 7) is 3.69. The summed E-state index contributed by atoms with van der Waals surface area (Å²) in [7, 11) is 1.60. The molecule has 27 heavy (non-hydrogen) atoms. The maximum Gasteiger partial charge on any atom is 0.255 e. The van der Waals surface area contributed by atoms with Crippen molar-refractivity contribution >= 4 is 5.78 Å². The van der Waals surface area contributed by atoms with Crippen molar-refractivity contribution in [3.05, 3.63) is 52.7 Å². The number of aryl methyl sites for hydroxylation is 2. The second-order valence-corrected chi connectivity index (χ2v) is 6.95. The maximum absolute atomic E-state index is 12.5. The zero-order chi connectivity index (χ0) is 19.0. The molecule has 3 aromatic rings. The van der Waals surface area contributed by atoms with Crippen molar-refractivity contribution in [1.82, 2.24) is 15.3 Å². The van der Waals surface area contributed by atoms with E-state index in [1.807, 2.05) is 19.9 Å². The van der Waals surface area contributed by atoms with Crippen molar-refractivity contribution in [2.24, 2.45) is 0 Å². The van der Waals surface area contributed by atoms with E-state index in [9.17, 15) is 4.79 Å². The smallest absolute Gasteiger partial charge is 0.255 e. The molecule has 2 heterocycles. The first-order valence-electron chi connectivity index (χ1n) is 9.01. The van der Waals surface area contributed by atoms with Gasteiger partial charge in [-0.05, 0) is 49.8 Å². The van der Waals surface area contributed by atoms with Crippen LogP contribution in [0.1, 0.15) is 64.9 Å². The van der Waals surface area contributed by atoms with Crippen molar-refractivity contribution in [1.29, 1.82) is 0 Å². The molecule has 1 aromatic carbocycles. The Balaban J connectivity index is 1.53. The largest absolute Gasteiger partial charge is 0.372 e. The fraction of sp³-hybridized carbons (Fsp3) is 0.400. The number of hydrogen-bond donors (Lipinski definition) is 0. The normalized spacial score (nSPS) is 17.1. The molecule has 7 heteroatoms. The molecule has 0 bridgehead atoms. The Morgan fingerprint density at radius 3 is 2.96 bits per heavy atom. The Hall–Kier alpha value is -2.80. The van der Waals surface area contributed by atoms with Gasteiger partial charge in [0, 0.05) is 24.7 Å². The molecule has 0 saturated carbocycles. The van der Waals surface area contributed by atoms with Gasteiger partial charge in [0.25, 0.3) is 5.89 Å². The number of aromatic nitrogens is 3. The number of carbonyl (C=O) groups excluding carboxylic acids is 1. The third-order valence-electron chi connectivity index (χ3n) is 5.18. The van der Waals surface area contributed by atoms with E-state index < -0.39 is 0 Å². The van der Waals surface area contributed by atoms with E-state index in [4.69, 9.17) is 13.8 Å². The van der Waals surface area contributed by atoms with Crippen LogP contribution in [-0.4, -0.2) is 28.2 Å². The van der Waals surface area contributed by atoms with Crippen LogP contribution in [0.4, 0.5) is 0 Å². The summed E-state index contributed by atoms with van der Waals surface area (Å²) in [5, 5.41) is 7.75. The Labute approximate surface area is 156 Å². The maximum atomic E-state index is 12.5. The highest BCUT2D eigenvalue weighted by molar-refractivity contribution is 5.95. The number of carbonyl (C=O) groups is 1. The number of benzene rings is 1. The van der Waals surface area contributed by atoms with Gasteiger partial charge in [0.1, 0.15) is 6.10 Å². The van der Waals surface area contributed by atoms with Crippen LogP contribution in [0, 0.1) is 6.92 Å². The minimum atomic E-state index is -0.240. The zero-order valence-corrected chi connectivity index (χ0v) is 15.6. The van der Waals surface area contributed by atoms with Gasteiger partial charge in [-0.15, -0.1) is 0 Å². The van der Waals surface area contributed by atoms with Gasteiger partial charge in [-0.2, -0.15) is 4.98 Å². The average Bonchev–Trinajstić information content (AvgIpc) is 3.40. The minimum absolute atomic E-state index is 0.00305. The molecule has 0 fully saturated rings. The monoisotopic (exact) mass is 367 g/mol. The molecule has 0 spiro atoms. The summed E-state index contributed by atoms with van der Waals surface area (Å²) in [6.07, 6.45) is 3.63. The lowest BCUT2D eigenvalue weighted by Crippen LogP contribution is -2.05. The molecule has 0 aliphatic heterocycles. The van der Waals surface area contributed by atoms with E-state index in [0.717, 1.165) is 24.0 Å². The molecule has 2 atom stereocenters. The van der Waals surface area contributed by atoms with Crippen molar-refractivity contribution in [3.63, 3.8) is 0 Å². The van der Waals surface area contributed by atoms with Gasteiger partial charge in [0.2, 0.25) is 17.4 Å². The van der Waals surface area contributed by atoms with E-state index in [2.05, 4.69) is 27.4 Å². The molecule has 0 radical (unpaired) electrons. The van der Waals surface area contributed by atoms with Crippen LogP contribution < -0.4 is 0 Å². The average molecular weight is 367 g/mol. The van der Waals surface area contributed by atoms with Gasteiger partial charge < -0.3 is 13.8 Å². The molecule has 0 saturated heterocycles. The summed E-state index contributed by atoms with van der Waals surface area (Å²) in [6, 6.07) is 6.14. The lowest BCUT2D eigenvalue weighted by atomic mass is 9.93. The van der Waals surface area contributed by atoms with Gasteiger partial charge in [0.05, 0.1) is 6.20 Å². The number of ketones is 1. The van der Waals surface area contributed by atoms with Crippen LogP contribution in [0.25, 0.3) is 11.4 Å². The lowest BCUT2D eigenvalue weighted by Gasteiger charge is -2.10. The highest BCUT2D eigenvalue weighted by Gasteiger charge is 2.28. The van der Waals surface area contributed by atoms with Gasteiger partial charge in [-0.3, -0.25) is 4.79 Å². The highest BCUT2D eigenvalue weighted by Crippen LogP contribution is 2.38. The van der Waals surface area contributed by atoms with Crippen LogP contribution >= 0.6 is 0 Å². The van der Waals surface area contributed by atoms with E-state index in [1.165, 1.54) is 11.1 Å². The summed E-state index contributed by atoms with van der Waals surface area (Å²) >= 11 is 0. The number of rotatable bonds is 6. The number of methoxy groups -OCH3 is 1. The minimum Gasteiger partial charge on any atom is -0.372 e. The Morgan fingerprint density at radius 2 is 2.22 bits per heavy atom. The third kappa shape index (κ3) is 3.30. The summed E-state index contributed by atoms with van der Waals surface area (Å²) in [4.78, 5) is 16.9. The van der Waals surface area contributed by atoms with Crippen molar-refractivity contribution < 1.29 is 18.6 Å². The van der Waals surface area contributed by atoms with Crippen molar-refractivity contribution in [3.8, 4) is 11.4 Å². The number of Topliss-reactive ketones (excluding diaryl/α,β-unsaturated/α-hetero) is 1. The van der Waals surface area contributed by atoms with Gasteiger partial charge >= 0.3 is 0 Å². The predicted molar refractivity (Wildman–Crippen MR) is 96.4 cm³/mol. The third-order valence-corrected chi connectivity index (χ3v) is 5.18. The first kappa shape index (κ1) is 17.6. The Kier molecular flexibility index (Phi) is 4.61. The van der Waals surface area contributed by atoms with Gasteiger partial charge in [0.15, 0.2) is 0 Å². The number of hydrogen-bond acceptors (Lipinski definition) is 7. The zero-order valence-electron chi connectivity index (χ0n) is 15.6. The fourth-order valence-electron chi connectivity index (χ4n) is 3.55. The van der Waals surface area contributed by atoms with E-state index in [0.29, 0.717) is 23.9 Å². The van der Waals surface area contributed by atoms with Crippen molar-refractivity contribution in [2.45, 2.75) is 45.1 Å². The standard InChI is InChI=1S/C20H21N3O4/c1-11-10-21-26-18(11)17(24)9-14-5-4-13-8-15(6-7-16(13)14)19-22-20(27-23-19)12(2)25-3/h6-8,10,12,14H,4-5,9H2,1-3H3/t12-,14-/m0/s1. The van der Waals surface area contributed by atoms with Gasteiger partial charge in [-0.1, -0.05) is 22.4 Å². The highest BCUT2D eigenvalue weighted by atomic mass is 16.5. The van der Waals surface area contributed by atoms with E-state index in [1.54, 1.807) is 13.3 Å². The topological polar surface area (TPSA) is 91.2 Å². The summed E-state index contributed by atoms with van der Waals surface area (Å²) in [5.74, 6) is 1.57. The van der Waals surface area contributed by atoms with Crippen LogP contribution in [-0.2, 0) is 11.2 Å².